The molecule has 0 saturated heterocycles. The second-order valence-electron chi connectivity index (χ2n) is 4.67. The molecule has 0 aliphatic heterocycles. The lowest BCUT2D eigenvalue weighted by atomic mass is 10.2. The van der Waals surface area contributed by atoms with Crippen molar-refractivity contribution in [2.75, 3.05) is 0 Å². The van der Waals surface area contributed by atoms with Gasteiger partial charge in [-0.1, -0.05) is 6.07 Å². The van der Waals surface area contributed by atoms with Gasteiger partial charge in [0.1, 0.15) is 18.2 Å². The molecule has 0 aliphatic rings. The van der Waals surface area contributed by atoms with Gasteiger partial charge in [-0.05, 0) is 31.2 Å². The summed E-state index contributed by atoms with van der Waals surface area (Å²) in [6.07, 6.45) is 7.84. The van der Waals surface area contributed by atoms with Gasteiger partial charge in [-0.15, -0.1) is 0 Å². The molecule has 110 valence electrons. The molecule has 0 saturated carbocycles. The van der Waals surface area contributed by atoms with Crippen LogP contribution in [0.1, 0.15) is 29.1 Å². The number of carbonyl (C=O) groups is 1. The van der Waals surface area contributed by atoms with Crippen LogP contribution >= 0.6 is 0 Å². The first-order valence-electron chi connectivity index (χ1n) is 6.80. The summed E-state index contributed by atoms with van der Waals surface area (Å²) in [7, 11) is 0. The van der Waals surface area contributed by atoms with Crippen LogP contribution in [0.25, 0.3) is 5.82 Å². The molecular formula is C16H14N4O2. The Labute approximate surface area is 127 Å². The number of carbonyl (C=O) groups excluding carboxylic acids is 1. The summed E-state index contributed by atoms with van der Waals surface area (Å²) in [5.74, 6) is 0.194. The Hall–Kier alpha value is -3.02. The fourth-order valence-electron chi connectivity index (χ4n) is 1.99. The SMILES string of the molecule is C[C@@H](OC(=O)c1ccnc(-n2ccnc2)c1)c1ccccn1. The molecule has 0 spiro atoms. The van der Waals surface area contributed by atoms with E-state index >= 15 is 0 Å². The van der Waals surface area contributed by atoms with Crippen LogP contribution in [0.2, 0.25) is 0 Å². The Bertz CT molecular complexity index is 757. The second kappa shape index (κ2) is 6.17. The van der Waals surface area contributed by atoms with E-state index in [1.807, 2.05) is 18.2 Å². The summed E-state index contributed by atoms with van der Waals surface area (Å²) < 4.78 is 7.16. The van der Waals surface area contributed by atoms with Gasteiger partial charge in [0.25, 0.3) is 0 Å². The summed E-state index contributed by atoms with van der Waals surface area (Å²) in [4.78, 5) is 24.6. The lowest BCUT2D eigenvalue weighted by Crippen LogP contribution is -2.11. The normalized spacial score (nSPS) is 11.9. The van der Waals surface area contributed by atoms with Gasteiger partial charge in [-0.3, -0.25) is 9.55 Å². The highest BCUT2D eigenvalue weighted by molar-refractivity contribution is 5.89. The summed E-state index contributed by atoms with van der Waals surface area (Å²) in [5, 5.41) is 0. The van der Waals surface area contributed by atoms with Gasteiger partial charge in [0.2, 0.25) is 0 Å². The lowest BCUT2D eigenvalue weighted by Gasteiger charge is -2.13. The van der Waals surface area contributed by atoms with E-state index in [4.69, 9.17) is 4.74 Å². The summed E-state index contributed by atoms with van der Waals surface area (Å²) in [6, 6.07) is 8.78. The fraction of sp³-hybridized carbons (Fsp3) is 0.125. The minimum absolute atomic E-state index is 0.415. The van der Waals surface area contributed by atoms with Crippen LogP contribution in [-0.4, -0.2) is 25.5 Å². The molecule has 0 aliphatic carbocycles. The van der Waals surface area contributed by atoms with E-state index < -0.39 is 12.1 Å². The van der Waals surface area contributed by atoms with E-state index in [0.29, 0.717) is 17.1 Å². The number of rotatable bonds is 4. The number of ether oxygens (including phenoxy) is 1. The molecule has 6 heteroatoms. The highest BCUT2D eigenvalue weighted by Crippen LogP contribution is 2.17. The molecule has 0 amide bonds. The van der Waals surface area contributed by atoms with Crippen molar-refractivity contribution in [3.63, 3.8) is 0 Å². The lowest BCUT2D eigenvalue weighted by molar-refractivity contribution is 0.0329. The number of aromatic nitrogens is 4. The molecule has 3 heterocycles. The maximum atomic E-state index is 12.2. The number of hydrogen-bond donors (Lipinski definition) is 0. The van der Waals surface area contributed by atoms with Gasteiger partial charge in [-0.2, -0.15) is 0 Å². The fourth-order valence-corrected chi connectivity index (χ4v) is 1.99. The van der Waals surface area contributed by atoms with Crippen molar-refractivity contribution >= 4 is 5.97 Å². The van der Waals surface area contributed by atoms with Gasteiger partial charge in [0, 0.05) is 24.8 Å². The molecular weight excluding hydrogens is 280 g/mol. The third-order valence-electron chi connectivity index (χ3n) is 3.14. The van der Waals surface area contributed by atoms with Crippen molar-refractivity contribution in [2.45, 2.75) is 13.0 Å². The smallest absolute Gasteiger partial charge is 0.338 e. The Morgan fingerprint density at radius 2 is 2.09 bits per heavy atom. The molecule has 1 atom stereocenters. The molecule has 22 heavy (non-hydrogen) atoms. The van der Waals surface area contributed by atoms with Crippen molar-refractivity contribution in [3.8, 4) is 5.82 Å². The van der Waals surface area contributed by atoms with Crippen molar-refractivity contribution < 1.29 is 9.53 Å². The highest BCUT2D eigenvalue weighted by Gasteiger charge is 2.15. The van der Waals surface area contributed by atoms with Crippen LogP contribution in [0.15, 0.2) is 61.4 Å². The Kier molecular flexibility index (Phi) is 3.91. The van der Waals surface area contributed by atoms with Crippen molar-refractivity contribution in [3.05, 3.63) is 72.7 Å². The molecule has 6 nitrogen and oxygen atoms in total. The maximum absolute atomic E-state index is 12.2. The first-order valence-corrected chi connectivity index (χ1v) is 6.80. The zero-order valence-electron chi connectivity index (χ0n) is 12.0. The van der Waals surface area contributed by atoms with Gasteiger partial charge in [-0.25, -0.2) is 14.8 Å². The van der Waals surface area contributed by atoms with E-state index in [0.717, 1.165) is 0 Å². The molecule has 0 unspecified atom stereocenters. The van der Waals surface area contributed by atoms with Crippen LogP contribution in [0.4, 0.5) is 0 Å². The minimum atomic E-state index is -0.418. The number of esters is 1. The predicted octanol–water partition coefficient (Wildman–Crippen LogP) is 2.58. The van der Waals surface area contributed by atoms with E-state index in [-0.39, 0.29) is 0 Å². The average Bonchev–Trinajstić information content (AvgIpc) is 3.10. The predicted molar refractivity (Wildman–Crippen MR) is 79.4 cm³/mol. The van der Waals surface area contributed by atoms with E-state index in [1.54, 1.807) is 54.7 Å². The van der Waals surface area contributed by atoms with Crippen LogP contribution < -0.4 is 0 Å². The Balaban J connectivity index is 1.77. The number of pyridine rings is 2. The summed E-state index contributed by atoms with van der Waals surface area (Å²) in [5.41, 5.74) is 1.14. The molecule has 0 aromatic carbocycles. The molecule has 3 aromatic rings. The first kappa shape index (κ1) is 13.9. The first-order chi connectivity index (χ1) is 10.7. The topological polar surface area (TPSA) is 69.9 Å². The van der Waals surface area contributed by atoms with Crippen molar-refractivity contribution in [1.82, 2.24) is 19.5 Å². The number of hydrogen-bond acceptors (Lipinski definition) is 5. The summed E-state index contributed by atoms with van der Waals surface area (Å²) in [6.45, 7) is 1.79. The molecule has 0 radical (unpaired) electrons. The van der Waals surface area contributed by atoms with Gasteiger partial charge >= 0.3 is 5.97 Å². The molecule has 3 rings (SSSR count). The van der Waals surface area contributed by atoms with E-state index in [9.17, 15) is 4.79 Å². The third-order valence-corrected chi connectivity index (χ3v) is 3.14. The second-order valence-corrected chi connectivity index (χ2v) is 4.67. The quantitative estimate of drug-likeness (QED) is 0.692. The van der Waals surface area contributed by atoms with Gasteiger partial charge < -0.3 is 4.74 Å². The van der Waals surface area contributed by atoms with E-state index in [1.165, 1.54) is 0 Å². The van der Waals surface area contributed by atoms with Crippen molar-refractivity contribution in [1.29, 1.82) is 0 Å². The molecule has 0 fully saturated rings. The van der Waals surface area contributed by atoms with Gasteiger partial charge in [0.15, 0.2) is 0 Å². The van der Waals surface area contributed by atoms with Crippen LogP contribution in [0.3, 0.4) is 0 Å². The van der Waals surface area contributed by atoms with Crippen LogP contribution in [-0.2, 0) is 4.74 Å². The summed E-state index contributed by atoms with van der Waals surface area (Å²) >= 11 is 0. The average molecular weight is 294 g/mol. The third kappa shape index (κ3) is 3.01. The maximum Gasteiger partial charge on any atom is 0.338 e. The van der Waals surface area contributed by atoms with Gasteiger partial charge in [0.05, 0.1) is 11.3 Å². The largest absolute Gasteiger partial charge is 0.453 e. The molecule has 0 N–H and O–H groups in total. The van der Waals surface area contributed by atoms with E-state index in [2.05, 4.69) is 15.0 Å². The number of nitrogens with zero attached hydrogens (tertiary/aromatic N) is 4. The number of imidazole rings is 1. The highest BCUT2D eigenvalue weighted by atomic mass is 16.5. The minimum Gasteiger partial charge on any atom is -0.453 e. The van der Waals surface area contributed by atoms with Crippen LogP contribution in [0, 0.1) is 0 Å². The Morgan fingerprint density at radius 1 is 1.18 bits per heavy atom. The molecule has 3 aromatic heterocycles. The molecule has 0 bridgehead atoms. The zero-order valence-corrected chi connectivity index (χ0v) is 12.0. The van der Waals surface area contributed by atoms with Crippen molar-refractivity contribution in [2.24, 2.45) is 0 Å². The monoisotopic (exact) mass is 294 g/mol. The Morgan fingerprint density at radius 3 is 2.82 bits per heavy atom. The standard InChI is InChI=1S/C16H14N4O2/c1-12(14-4-2-3-6-18-14)22-16(21)13-5-7-19-15(10-13)20-9-8-17-11-20/h2-12H,1H3/t12-/m1/s1. The van der Waals surface area contributed by atoms with Crippen LogP contribution in [0.5, 0.6) is 0 Å². The zero-order chi connectivity index (χ0) is 15.4.